The van der Waals surface area contributed by atoms with Crippen molar-refractivity contribution in [1.82, 2.24) is 5.16 Å². The summed E-state index contributed by atoms with van der Waals surface area (Å²) in [4.78, 5) is 0. The highest BCUT2D eigenvalue weighted by molar-refractivity contribution is 5.76. The summed E-state index contributed by atoms with van der Waals surface area (Å²) in [5.74, 6) is 0. The molecule has 2 heteroatoms. The average molecular weight is 177 g/mol. The first-order valence-corrected chi connectivity index (χ1v) is 4.59. The number of hydrogen-bond acceptors (Lipinski definition) is 2. The highest BCUT2D eigenvalue weighted by Crippen LogP contribution is 2.13. The fraction of sp³-hybridized carbons (Fsp3) is 0.364. The van der Waals surface area contributed by atoms with Crippen LogP contribution in [0.2, 0.25) is 0 Å². The van der Waals surface area contributed by atoms with Crippen LogP contribution >= 0.6 is 0 Å². The molecule has 70 valence electrons. The third-order valence-corrected chi connectivity index (χ3v) is 1.51. The first-order valence-electron chi connectivity index (χ1n) is 4.59. The summed E-state index contributed by atoms with van der Waals surface area (Å²) in [6, 6.07) is 5.98. The highest BCUT2D eigenvalue weighted by atomic mass is 16.5. The minimum atomic E-state index is 0.852. The third-order valence-electron chi connectivity index (χ3n) is 1.51. The molecule has 0 spiro atoms. The molecule has 0 fully saturated rings. The number of benzene rings is 1. The van der Waals surface area contributed by atoms with Crippen LogP contribution in [0.25, 0.3) is 11.0 Å². The summed E-state index contributed by atoms with van der Waals surface area (Å²) in [6.07, 6.45) is 2.97. The van der Waals surface area contributed by atoms with Crippen LogP contribution in [-0.4, -0.2) is 5.16 Å². The average Bonchev–Trinajstić information content (AvgIpc) is 2.52. The molecule has 0 atom stereocenters. The molecule has 0 aliphatic heterocycles. The molecule has 0 radical (unpaired) electrons. The minimum absolute atomic E-state index is 0.852. The Kier molecular flexibility index (Phi) is 3.50. The SMILES string of the molecule is CCC.Cc1ccc2oncc2c1. The predicted octanol–water partition coefficient (Wildman–Crippen LogP) is 3.55. The van der Waals surface area contributed by atoms with Crippen molar-refractivity contribution in [2.75, 3.05) is 0 Å². The molecular weight excluding hydrogens is 162 g/mol. The smallest absolute Gasteiger partial charge is 0.166 e. The molecule has 0 amide bonds. The zero-order chi connectivity index (χ0) is 9.68. The van der Waals surface area contributed by atoms with Gasteiger partial charge in [-0.1, -0.05) is 37.1 Å². The second kappa shape index (κ2) is 4.65. The summed E-state index contributed by atoms with van der Waals surface area (Å²) >= 11 is 0. The van der Waals surface area contributed by atoms with Gasteiger partial charge in [-0.15, -0.1) is 0 Å². The summed E-state index contributed by atoms with van der Waals surface area (Å²) in [6.45, 7) is 6.30. The standard InChI is InChI=1S/C8H7NO.C3H8/c1-6-2-3-8-7(4-6)5-9-10-8;1-3-2/h2-5H,1H3;3H2,1-2H3. The molecule has 0 aliphatic rings. The van der Waals surface area contributed by atoms with Crippen LogP contribution in [0.3, 0.4) is 0 Å². The van der Waals surface area contributed by atoms with E-state index in [2.05, 4.69) is 19.0 Å². The van der Waals surface area contributed by atoms with E-state index in [0.29, 0.717) is 0 Å². The van der Waals surface area contributed by atoms with Gasteiger partial charge in [0, 0.05) is 5.39 Å². The number of rotatable bonds is 0. The van der Waals surface area contributed by atoms with Crippen molar-refractivity contribution < 1.29 is 4.52 Å². The van der Waals surface area contributed by atoms with Crippen LogP contribution in [0.4, 0.5) is 0 Å². The number of fused-ring (bicyclic) bond motifs is 1. The van der Waals surface area contributed by atoms with Crippen molar-refractivity contribution in [2.45, 2.75) is 27.2 Å². The summed E-state index contributed by atoms with van der Waals surface area (Å²) < 4.78 is 4.92. The normalized spacial score (nSPS) is 9.46. The number of hydrogen-bond donors (Lipinski definition) is 0. The van der Waals surface area contributed by atoms with Crippen LogP contribution in [0.15, 0.2) is 28.9 Å². The van der Waals surface area contributed by atoms with E-state index >= 15 is 0 Å². The maximum atomic E-state index is 4.92. The third kappa shape index (κ3) is 2.58. The predicted molar refractivity (Wildman–Crippen MR) is 54.7 cm³/mol. The van der Waals surface area contributed by atoms with Gasteiger partial charge in [-0.25, -0.2) is 0 Å². The Morgan fingerprint density at radius 1 is 1.31 bits per heavy atom. The van der Waals surface area contributed by atoms with Crippen LogP contribution in [0, 0.1) is 6.92 Å². The second-order valence-corrected chi connectivity index (χ2v) is 3.07. The monoisotopic (exact) mass is 177 g/mol. The van der Waals surface area contributed by atoms with Crippen LogP contribution in [-0.2, 0) is 0 Å². The molecule has 0 saturated heterocycles. The molecule has 2 rings (SSSR count). The van der Waals surface area contributed by atoms with Gasteiger partial charge in [0.1, 0.15) is 0 Å². The molecule has 2 aromatic rings. The quantitative estimate of drug-likeness (QED) is 0.615. The first-order chi connectivity index (χ1) is 6.27. The van der Waals surface area contributed by atoms with Crippen molar-refractivity contribution in [3.8, 4) is 0 Å². The lowest BCUT2D eigenvalue weighted by molar-refractivity contribution is 0.456. The Balaban J connectivity index is 0.000000251. The molecule has 1 heterocycles. The lowest BCUT2D eigenvalue weighted by atomic mass is 10.2. The maximum absolute atomic E-state index is 4.92. The molecule has 0 unspecified atom stereocenters. The van der Waals surface area contributed by atoms with Crippen molar-refractivity contribution in [3.05, 3.63) is 30.0 Å². The van der Waals surface area contributed by atoms with Crippen molar-refractivity contribution in [3.63, 3.8) is 0 Å². The Morgan fingerprint density at radius 2 is 2.00 bits per heavy atom. The van der Waals surface area contributed by atoms with Crippen LogP contribution in [0.1, 0.15) is 25.8 Å². The second-order valence-electron chi connectivity index (χ2n) is 3.07. The van der Waals surface area contributed by atoms with E-state index < -0.39 is 0 Å². The van der Waals surface area contributed by atoms with Crippen molar-refractivity contribution in [2.24, 2.45) is 0 Å². The van der Waals surface area contributed by atoms with Crippen LogP contribution < -0.4 is 0 Å². The van der Waals surface area contributed by atoms with Gasteiger partial charge in [-0.3, -0.25) is 0 Å². The van der Waals surface area contributed by atoms with Gasteiger partial charge in [-0.05, 0) is 19.1 Å². The molecule has 2 nitrogen and oxygen atoms in total. The lowest BCUT2D eigenvalue weighted by Crippen LogP contribution is -1.67. The van der Waals surface area contributed by atoms with E-state index in [0.717, 1.165) is 11.0 Å². The van der Waals surface area contributed by atoms with Gasteiger partial charge < -0.3 is 4.52 Å². The topological polar surface area (TPSA) is 26.0 Å². The molecular formula is C11H15NO. The van der Waals surface area contributed by atoms with Crippen LogP contribution in [0.5, 0.6) is 0 Å². The van der Waals surface area contributed by atoms with Gasteiger partial charge >= 0.3 is 0 Å². The van der Waals surface area contributed by atoms with E-state index in [1.54, 1.807) is 6.20 Å². The van der Waals surface area contributed by atoms with Crippen molar-refractivity contribution >= 4 is 11.0 Å². The molecule has 0 N–H and O–H groups in total. The van der Waals surface area contributed by atoms with Gasteiger partial charge in [0.05, 0.1) is 6.20 Å². The van der Waals surface area contributed by atoms with Gasteiger partial charge in [0.25, 0.3) is 0 Å². The fourth-order valence-electron chi connectivity index (χ4n) is 0.992. The number of aromatic nitrogens is 1. The molecule has 0 aliphatic carbocycles. The van der Waals surface area contributed by atoms with Gasteiger partial charge in [0.2, 0.25) is 0 Å². The highest BCUT2D eigenvalue weighted by Gasteiger charge is 1.95. The Hall–Kier alpha value is -1.31. The molecule has 0 bridgehead atoms. The Labute approximate surface area is 78.5 Å². The fourth-order valence-corrected chi connectivity index (χ4v) is 0.992. The first kappa shape index (κ1) is 9.78. The Morgan fingerprint density at radius 3 is 2.69 bits per heavy atom. The van der Waals surface area contributed by atoms with Gasteiger partial charge in [-0.2, -0.15) is 0 Å². The maximum Gasteiger partial charge on any atom is 0.166 e. The number of nitrogens with zero attached hydrogens (tertiary/aromatic N) is 1. The number of aryl methyl sites for hydroxylation is 1. The molecule has 1 aromatic heterocycles. The zero-order valence-electron chi connectivity index (χ0n) is 8.37. The zero-order valence-corrected chi connectivity index (χ0v) is 8.37. The summed E-state index contributed by atoms with van der Waals surface area (Å²) in [7, 11) is 0. The Bertz CT molecular complexity index is 365. The summed E-state index contributed by atoms with van der Waals surface area (Å²) in [5.41, 5.74) is 2.08. The van der Waals surface area contributed by atoms with Crippen molar-refractivity contribution in [1.29, 1.82) is 0 Å². The largest absolute Gasteiger partial charge is 0.356 e. The van der Waals surface area contributed by atoms with E-state index in [4.69, 9.17) is 4.52 Å². The van der Waals surface area contributed by atoms with E-state index in [1.807, 2.05) is 25.1 Å². The minimum Gasteiger partial charge on any atom is -0.356 e. The molecule has 0 saturated carbocycles. The lowest BCUT2D eigenvalue weighted by Gasteiger charge is -1.87. The summed E-state index contributed by atoms with van der Waals surface area (Å²) in [5, 5.41) is 4.74. The molecule has 1 aromatic carbocycles. The van der Waals surface area contributed by atoms with E-state index in [-0.39, 0.29) is 0 Å². The van der Waals surface area contributed by atoms with E-state index in [1.165, 1.54) is 12.0 Å². The van der Waals surface area contributed by atoms with E-state index in [9.17, 15) is 0 Å². The van der Waals surface area contributed by atoms with Gasteiger partial charge in [0.15, 0.2) is 5.58 Å². The molecule has 13 heavy (non-hydrogen) atoms.